The van der Waals surface area contributed by atoms with Crippen LogP contribution in [0.25, 0.3) is 0 Å². The van der Waals surface area contributed by atoms with Gasteiger partial charge in [-0.25, -0.2) is 18.1 Å². The van der Waals surface area contributed by atoms with E-state index in [2.05, 4.69) is 24.9 Å². The number of nitrogens with one attached hydrogen (secondary N) is 1. The number of pyridine rings is 1. The SMILES string of the molecule is Cc1nnc(NS(=O)(=O)c2cccnc2C(N)=S)nc1C. The number of aryl methyl sites for hydroxylation is 2. The van der Waals surface area contributed by atoms with E-state index in [1.54, 1.807) is 13.8 Å². The highest BCUT2D eigenvalue weighted by Crippen LogP contribution is 2.16. The number of nitrogens with zero attached hydrogens (tertiary/aromatic N) is 4. The van der Waals surface area contributed by atoms with Gasteiger partial charge in [0.05, 0.1) is 11.4 Å². The summed E-state index contributed by atoms with van der Waals surface area (Å²) in [6, 6.07) is 2.81. The second-order valence-corrected chi connectivity index (χ2v) is 6.22. The fourth-order valence-electron chi connectivity index (χ4n) is 1.47. The third-order valence-corrected chi connectivity index (χ3v) is 4.16. The summed E-state index contributed by atoms with van der Waals surface area (Å²) >= 11 is 4.80. The number of hydrogen-bond acceptors (Lipinski definition) is 7. The number of aromatic nitrogens is 4. The van der Waals surface area contributed by atoms with Gasteiger partial charge in [0.1, 0.15) is 15.6 Å². The van der Waals surface area contributed by atoms with Crippen molar-refractivity contribution < 1.29 is 8.42 Å². The average molecular weight is 324 g/mol. The molecule has 0 saturated heterocycles. The second kappa shape index (κ2) is 5.66. The molecule has 0 amide bonds. The zero-order valence-corrected chi connectivity index (χ0v) is 12.9. The third kappa shape index (κ3) is 3.28. The van der Waals surface area contributed by atoms with Crippen molar-refractivity contribution in [2.45, 2.75) is 18.7 Å². The molecule has 110 valence electrons. The predicted molar refractivity (Wildman–Crippen MR) is 80.2 cm³/mol. The van der Waals surface area contributed by atoms with Crippen LogP contribution in [0.15, 0.2) is 23.2 Å². The molecule has 0 aliphatic rings. The molecule has 2 aromatic heterocycles. The average Bonchev–Trinajstić information content (AvgIpc) is 2.42. The Morgan fingerprint density at radius 1 is 1.29 bits per heavy atom. The summed E-state index contributed by atoms with van der Waals surface area (Å²) in [6.07, 6.45) is 1.40. The lowest BCUT2D eigenvalue weighted by Gasteiger charge is -2.09. The molecule has 0 fully saturated rings. The summed E-state index contributed by atoms with van der Waals surface area (Å²) in [5.74, 6) is -0.129. The van der Waals surface area contributed by atoms with Crippen LogP contribution in [0.3, 0.4) is 0 Å². The monoisotopic (exact) mass is 324 g/mol. The summed E-state index contributed by atoms with van der Waals surface area (Å²) in [5.41, 5.74) is 6.68. The van der Waals surface area contributed by atoms with Gasteiger partial charge in [-0.05, 0) is 26.0 Å². The highest BCUT2D eigenvalue weighted by Gasteiger charge is 2.22. The van der Waals surface area contributed by atoms with Crippen molar-refractivity contribution in [1.82, 2.24) is 20.2 Å². The highest BCUT2D eigenvalue weighted by molar-refractivity contribution is 7.93. The maximum Gasteiger partial charge on any atom is 0.266 e. The van der Waals surface area contributed by atoms with Crippen LogP contribution in [0.2, 0.25) is 0 Å². The van der Waals surface area contributed by atoms with Gasteiger partial charge in [-0.15, -0.1) is 5.10 Å². The van der Waals surface area contributed by atoms with Gasteiger partial charge in [-0.3, -0.25) is 4.98 Å². The zero-order chi connectivity index (χ0) is 15.6. The van der Waals surface area contributed by atoms with Gasteiger partial charge in [0.15, 0.2) is 0 Å². The molecule has 0 aliphatic heterocycles. The van der Waals surface area contributed by atoms with Crippen LogP contribution in [0.4, 0.5) is 5.95 Å². The van der Waals surface area contributed by atoms with E-state index in [4.69, 9.17) is 18.0 Å². The third-order valence-electron chi connectivity index (χ3n) is 2.61. The molecule has 0 unspecified atom stereocenters. The van der Waals surface area contributed by atoms with Crippen LogP contribution < -0.4 is 10.5 Å². The largest absolute Gasteiger partial charge is 0.388 e. The molecule has 3 N–H and O–H groups in total. The summed E-state index contributed by atoms with van der Waals surface area (Å²) in [5, 5.41) is 7.50. The number of nitrogens with two attached hydrogens (primary N) is 1. The Morgan fingerprint density at radius 3 is 2.62 bits per heavy atom. The highest BCUT2D eigenvalue weighted by atomic mass is 32.2. The van der Waals surface area contributed by atoms with Crippen molar-refractivity contribution in [2.24, 2.45) is 5.73 Å². The fraction of sp³-hybridized carbons (Fsp3) is 0.182. The van der Waals surface area contributed by atoms with Gasteiger partial charge >= 0.3 is 0 Å². The quantitative estimate of drug-likeness (QED) is 0.771. The molecule has 2 rings (SSSR count). The number of thiocarbonyl (C=S) groups is 1. The molecule has 2 heterocycles. The van der Waals surface area contributed by atoms with Gasteiger partial charge in [-0.1, -0.05) is 12.2 Å². The maximum absolute atomic E-state index is 12.3. The van der Waals surface area contributed by atoms with Crippen LogP contribution in [-0.2, 0) is 10.0 Å². The Kier molecular flexibility index (Phi) is 4.09. The molecule has 0 radical (unpaired) electrons. The van der Waals surface area contributed by atoms with Gasteiger partial charge in [-0.2, -0.15) is 5.10 Å². The maximum atomic E-state index is 12.3. The summed E-state index contributed by atoms with van der Waals surface area (Å²) in [7, 11) is -3.96. The first kappa shape index (κ1) is 15.2. The Balaban J connectivity index is 2.43. The normalized spacial score (nSPS) is 11.1. The van der Waals surface area contributed by atoms with Gasteiger partial charge in [0, 0.05) is 6.20 Å². The first-order valence-corrected chi connectivity index (χ1v) is 7.66. The zero-order valence-electron chi connectivity index (χ0n) is 11.2. The van der Waals surface area contributed by atoms with Crippen LogP contribution in [0, 0.1) is 13.8 Å². The Bertz CT molecular complexity index is 806. The molecule has 0 bridgehead atoms. The Morgan fingerprint density at radius 2 is 2.00 bits per heavy atom. The van der Waals surface area contributed by atoms with Crippen LogP contribution in [0.1, 0.15) is 17.1 Å². The topological polar surface area (TPSA) is 124 Å². The lowest BCUT2D eigenvalue weighted by molar-refractivity contribution is 0.600. The van der Waals surface area contributed by atoms with Crippen LogP contribution in [-0.4, -0.2) is 33.6 Å². The molecule has 0 spiro atoms. The smallest absolute Gasteiger partial charge is 0.266 e. The Hall–Kier alpha value is -2.20. The summed E-state index contributed by atoms with van der Waals surface area (Å²) in [4.78, 5) is 7.63. The summed E-state index contributed by atoms with van der Waals surface area (Å²) in [6.45, 7) is 3.42. The lowest BCUT2D eigenvalue weighted by Crippen LogP contribution is -2.22. The number of rotatable bonds is 4. The molecule has 8 nitrogen and oxygen atoms in total. The molecule has 0 atom stereocenters. The number of anilines is 1. The molecule has 21 heavy (non-hydrogen) atoms. The number of sulfonamides is 1. The van der Waals surface area contributed by atoms with Crippen molar-refractivity contribution in [3.05, 3.63) is 35.4 Å². The van der Waals surface area contributed by atoms with Gasteiger partial charge in [0.2, 0.25) is 0 Å². The molecule has 2 aromatic rings. The van der Waals surface area contributed by atoms with Crippen LogP contribution in [0.5, 0.6) is 0 Å². The van der Waals surface area contributed by atoms with Crippen molar-refractivity contribution >= 4 is 33.2 Å². The van der Waals surface area contributed by atoms with E-state index in [-0.39, 0.29) is 21.5 Å². The standard InChI is InChI=1S/C11H12N6O2S2/c1-6-7(2)15-16-11(14-6)17-21(18,19)8-4-3-5-13-9(8)10(12)20/h3-5H,1-2H3,(H2,12,20)(H,14,16,17). The summed E-state index contributed by atoms with van der Waals surface area (Å²) < 4.78 is 26.9. The van der Waals surface area contributed by atoms with E-state index in [9.17, 15) is 8.42 Å². The van der Waals surface area contributed by atoms with Crippen molar-refractivity contribution in [3.8, 4) is 0 Å². The molecule has 0 aliphatic carbocycles. The fourth-order valence-corrected chi connectivity index (χ4v) is 2.81. The lowest BCUT2D eigenvalue weighted by atomic mass is 10.3. The Labute approximate surface area is 126 Å². The molecular weight excluding hydrogens is 312 g/mol. The van der Waals surface area contributed by atoms with E-state index in [1.165, 1.54) is 18.3 Å². The minimum Gasteiger partial charge on any atom is -0.388 e. The molecule has 0 saturated carbocycles. The van der Waals surface area contributed by atoms with E-state index in [0.717, 1.165) is 0 Å². The first-order valence-electron chi connectivity index (χ1n) is 5.77. The molecule has 0 aromatic carbocycles. The minimum atomic E-state index is -3.96. The van der Waals surface area contributed by atoms with E-state index in [0.29, 0.717) is 11.4 Å². The van der Waals surface area contributed by atoms with E-state index in [1.807, 2.05) is 0 Å². The first-order chi connectivity index (χ1) is 9.81. The van der Waals surface area contributed by atoms with Gasteiger partial charge < -0.3 is 5.73 Å². The molecule has 10 heteroatoms. The van der Waals surface area contributed by atoms with Crippen molar-refractivity contribution in [2.75, 3.05) is 4.72 Å². The van der Waals surface area contributed by atoms with Gasteiger partial charge in [0.25, 0.3) is 16.0 Å². The number of hydrogen-bond donors (Lipinski definition) is 2. The van der Waals surface area contributed by atoms with Crippen molar-refractivity contribution in [1.29, 1.82) is 0 Å². The van der Waals surface area contributed by atoms with Crippen molar-refractivity contribution in [3.63, 3.8) is 0 Å². The minimum absolute atomic E-state index is 0.0109. The molecular formula is C11H12N6O2S2. The second-order valence-electron chi connectivity index (χ2n) is 4.13. The van der Waals surface area contributed by atoms with Crippen LogP contribution >= 0.6 is 12.2 Å². The van der Waals surface area contributed by atoms with E-state index >= 15 is 0 Å². The predicted octanol–water partition coefficient (Wildman–Crippen LogP) is 0.318. The van der Waals surface area contributed by atoms with E-state index < -0.39 is 10.0 Å².